The van der Waals surface area contributed by atoms with Gasteiger partial charge in [0.05, 0.1) is 11.6 Å². The Balaban J connectivity index is 0.00000144. The molecule has 2 rings (SSSR count). The molecule has 94 valence electrons. The molecule has 1 saturated heterocycles. The number of likely N-dealkylation sites (N-methyl/N-ethyl adjacent to an activating group) is 1. The van der Waals surface area contributed by atoms with Crippen LogP contribution < -0.4 is 5.32 Å². The summed E-state index contributed by atoms with van der Waals surface area (Å²) in [5.74, 6) is 0.0610. The minimum Gasteiger partial charge on any atom is -0.336 e. The van der Waals surface area contributed by atoms with Gasteiger partial charge in [0.2, 0.25) is 0 Å². The first-order valence-corrected chi connectivity index (χ1v) is 6.61. The van der Waals surface area contributed by atoms with E-state index in [-0.39, 0.29) is 18.3 Å². The Bertz CT molecular complexity index is 424. The van der Waals surface area contributed by atoms with Crippen LogP contribution in [0.25, 0.3) is 0 Å². The molecule has 0 atom stereocenters. The zero-order valence-corrected chi connectivity index (χ0v) is 13.2. The Hall–Kier alpha value is -0.100. The van der Waals surface area contributed by atoms with Crippen LogP contribution in [0.5, 0.6) is 0 Å². The molecule has 0 radical (unpaired) electrons. The Kier molecular flexibility index (Phi) is 5.44. The number of hydrogen-bond donors (Lipinski definition) is 1. The summed E-state index contributed by atoms with van der Waals surface area (Å²) >= 11 is 6.78. The van der Waals surface area contributed by atoms with Crippen molar-refractivity contribution in [2.75, 3.05) is 20.1 Å². The van der Waals surface area contributed by atoms with E-state index < -0.39 is 0 Å². The van der Waals surface area contributed by atoms with Gasteiger partial charge in [0.25, 0.3) is 5.91 Å². The van der Waals surface area contributed by atoms with Gasteiger partial charge < -0.3 is 10.2 Å². The number of benzene rings is 1. The molecule has 0 aliphatic carbocycles. The van der Waals surface area contributed by atoms with Crippen LogP contribution in [0.4, 0.5) is 0 Å². The summed E-state index contributed by atoms with van der Waals surface area (Å²) in [4.78, 5) is 14.0. The number of carbonyl (C=O) groups excluding carboxylic acids is 1. The molecule has 6 heteroatoms. The third kappa shape index (κ3) is 3.22. The Morgan fingerprint density at radius 2 is 2.06 bits per heavy atom. The van der Waals surface area contributed by atoms with Gasteiger partial charge >= 0.3 is 0 Å². The molecule has 1 heterocycles. The predicted octanol–water partition coefficient (Wildman–Crippen LogP) is 2.68. The summed E-state index contributed by atoms with van der Waals surface area (Å²) in [7, 11) is 1.85. The van der Waals surface area contributed by atoms with Gasteiger partial charge in [0.1, 0.15) is 0 Å². The number of halogens is 3. The number of nitrogens with zero attached hydrogens (tertiary/aromatic N) is 1. The highest BCUT2D eigenvalue weighted by molar-refractivity contribution is 9.11. The van der Waals surface area contributed by atoms with Gasteiger partial charge in [-0.15, -0.1) is 12.4 Å². The fraction of sp³-hybridized carbons (Fsp3) is 0.364. The van der Waals surface area contributed by atoms with Gasteiger partial charge in [0, 0.05) is 29.1 Å². The lowest BCUT2D eigenvalue weighted by molar-refractivity contribution is 0.0680. The summed E-state index contributed by atoms with van der Waals surface area (Å²) in [6, 6.07) is 5.92. The molecule has 1 aromatic rings. The first-order valence-electron chi connectivity index (χ1n) is 5.02. The number of nitrogens with one attached hydrogen (secondary N) is 1. The molecule has 17 heavy (non-hydrogen) atoms. The number of amides is 1. The maximum Gasteiger partial charge on any atom is 0.255 e. The van der Waals surface area contributed by atoms with Crippen molar-refractivity contribution < 1.29 is 4.79 Å². The Morgan fingerprint density at radius 3 is 2.53 bits per heavy atom. The van der Waals surface area contributed by atoms with E-state index in [2.05, 4.69) is 37.2 Å². The quantitative estimate of drug-likeness (QED) is 0.850. The average Bonchev–Trinajstić information content (AvgIpc) is 2.14. The van der Waals surface area contributed by atoms with Crippen LogP contribution in [0.2, 0.25) is 0 Å². The van der Waals surface area contributed by atoms with Gasteiger partial charge in [0.15, 0.2) is 0 Å². The standard InChI is InChI=1S/C11H12Br2N2O.ClH/c1-15(8-5-14-6-8)11(16)9-3-2-7(12)4-10(9)13;/h2-4,8,14H,5-6H2,1H3;1H. The zero-order chi connectivity index (χ0) is 11.7. The van der Waals surface area contributed by atoms with Gasteiger partial charge in [-0.25, -0.2) is 0 Å². The smallest absolute Gasteiger partial charge is 0.255 e. The molecule has 0 saturated carbocycles. The molecule has 0 bridgehead atoms. The number of rotatable bonds is 2. The maximum atomic E-state index is 12.2. The van der Waals surface area contributed by atoms with E-state index in [4.69, 9.17) is 0 Å². The summed E-state index contributed by atoms with van der Waals surface area (Å²) in [5, 5.41) is 3.16. The van der Waals surface area contributed by atoms with E-state index in [1.807, 2.05) is 25.2 Å². The highest BCUT2D eigenvalue weighted by atomic mass is 79.9. The third-order valence-electron chi connectivity index (χ3n) is 2.79. The summed E-state index contributed by atoms with van der Waals surface area (Å²) in [6.07, 6.45) is 0. The van der Waals surface area contributed by atoms with Gasteiger partial charge in [-0.2, -0.15) is 0 Å². The second kappa shape index (κ2) is 6.18. The maximum absolute atomic E-state index is 12.2. The second-order valence-electron chi connectivity index (χ2n) is 3.85. The zero-order valence-electron chi connectivity index (χ0n) is 9.24. The third-order valence-corrected chi connectivity index (χ3v) is 3.94. The Labute approximate surface area is 124 Å². The SMILES string of the molecule is CN(C(=O)c1ccc(Br)cc1Br)C1CNC1.Cl. The molecule has 1 N–H and O–H groups in total. The fourth-order valence-electron chi connectivity index (χ4n) is 1.57. The van der Waals surface area contributed by atoms with Crippen molar-refractivity contribution in [3.63, 3.8) is 0 Å². The van der Waals surface area contributed by atoms with Crippen LogP contribution in [0.1, 0.15) is 10.4 Å². The molecule has 1 aliphatic rings. The number of hydrogen-bond acceptors (Lipinski definition) is 2. The summed E-state index contributed by atoms with van der Waals surface area (Å²) < 4.78 is 1.79. The van der Waals surface area contributed by atoms with Crippen LogP contribution in [-0.2, 0) is 0 Å². The molecule has 1 aliphatic heterocycles. The van der Waals surface area contributed by atoms with Crippen LogP contribution >= 0.6 is 44.3 Å². The van der Waals surface area contributed by atoms with E-state index >= 15 is 0 Å². The fourth-order valence-corrected chi connectivity index (χ4v) is 2.78. The molecular weight excluding hydrogens is 371 g/mol. The van der Waals surface area contributed by atoms with Crippen LogP contribution in [0, 0.1) is 0 Å². The predicted molar refractivity (Wildman–Crippen MR) is 77.8 cm³/mol. The molecule has 1 aromatic carbocycles. The van der Waals surface area contributed by atoms with Crippen molar-refractivity contribution >= 4 is 50.2 Å². The molecule has 3 nitrogen and oxygen atoms in total. The monoisotopic (exact) mass is 382 g/mol. The molecule has 0 aromatic heterocycles. The largest absolute Gasteiger partial charge is 0.336 e. The minimum absolute atomic E-state index is 0. The first kappa shape index (κ1) is 15.0. The lowest BCUT2D eigenvalue weighted by Crippen LogP contribution is -2.57. The first-order chi connectivity index (χ1) is 7.59. The second-order valence-corrected chi connectivity index (χ2v) is 5.62. The molecule has 0 spiro atoms. The highest BCUT2D eigenvalue weighted by Crippen LogP contribution is 2.23. The van der Waals surface area contributed by atoms with Gasteiger partial charge in [-0.1, -0.05) is 15.9 Å². The van der Waals surface area contributed by atoms with Crippen molar-refractivity contribution in [3.05, 3.63) is 32.7 Å². The van der Waals surface area contributed by atoms with E-state index in [1.165, 1.54) is 0 Å². The van der Waals surface area contributed by atoms with E-state index in [1.54, 1.807) is 4.90 Å². The van der Waals surface area contributed by atoms with E-state index in [0.29, 0.717) is 11.6 Å². The average molecular weight is 384 g/mol. The van der Waals surface area contributed by atoms with Crippen LogP contribution in [-0.4, -0.2) is 37.0 Å². The van der Waals surface area contributed by atoms with Gasteiger partial charge in [-0.3, -0.25) is 4.79 Å². The molecule has 1 amide bonds. The summed E-state index contributed by atoms with van der Waals surface area (Å²) in [6.45, 7) is 1.77. The molecular formula is C11H13Br2ClN2O. The van der Waals surface area contributed by atoms with Crippen LogP contribution in [0.3, 0.4) is 0 Å². The number of carbonyl (C=O) groups is 1. The lowest BCUT2D eigenvalue weighted by atomic mass is 10.1. The Morgan fingerprint density at radius 1 is 1.41 bits per heavy atom. The normalized spacial score (nSPS) is 14.8. The van der Waals surface area contributed by atoms with Crippen molar-refractivity contribution in [2.24, 2.45) is 0 Å². The minimum atomic E-state index is 0. The van der Waals surface area contributed by atoms with Crippen molar-refractivity contribution in [1.29, 1.82) is 0 Å². The topological polar surface area (TPSA) is 32.3 Å². The van der Waals surface area contributed by atoms with Crippen molar-refractivity contribution in [2.45, 2.75) is 6.04 Å². The van der Waals surface area contributed by atoms with E-state index in [9.17, 15) is 4.79 Å². The highest BCUT2D eigenvalue weighted by Gasteiger charge is 2.26. The molecule has 0 unspecified atom stereocenters. The van der Waals surface area contributed by atoms with Crippen molar-refractivity contribution in [3.8, 4) is 0 Å². The lowest BCUT2D eigenvalue weighted by Gasteiger charge is -2.35. The van der Waals surface area contributed by atoms with E-state index in [0.717, 1.165) is 22.0 Å². The van der Waals surface area contributed by atoms with Gasteiger partial charge in [-0.05, 0) is 34.1 Å². The van der Waals surface area contributed by atoms with Crippen LogP contribution in [0.15, 0.2) is 27.1 Å². The van der Waals surface area contributed by atoms with Crippen molar-refractivity contribution in [1.82, 2.24) is 10.2 Å². The summed E-state index contributed by atoms with van der Waals surface area (Å²) in [5.41, 5.74) is 0.706. The molecule has 1 fully saturated rings.